The van der Waals surface area contributed by atoms with Gasteiger partial charge >= 0.3 is 0 Å². The highest BCUT2D eigenvalue weighted by atomic mass is 16.5. The second-order valence-electron chi connectivity index (χ2n) is 3.32. The Hall–Kier alpha value is -0.870. The van der Waals surface area contributed by atoms with Crippen LogP contribution in [0.3, 0.4) is 0 Å². The lowest BCUT2D eigenvalue weighted by Crippen LogP contribution is -2.22. The monoisotopic (exact) mass is 182 g/mol. The molecule has 1 aromatic rings. The lowest BCUT2D eigenvalue weighted by Gasteiger charge is -2.24. The number of imidazole rings is 1. The number of hydrogen-bond donors (Lipinski definition) is 1. The van der Waals surface area contributed by atoms with Crippen molar-refractivity contribution in [1.29, 1.82) is 0 Å². The lowest BCUT2D eigenvalue weighted by atomic mass is 10.1. The first kappa shape index (κ1) is 8.72. The van der Waals surface area contributed by atoms with Crippen molar-refractivity contribution in [2.24, 2.45) is 0 Å². The second kappa shape index (κ2) is 3.89. The van der Waals surface area contributed by atoms with Crippen molar-refractivity contribution in [3.8, 4) is 0 Å². The minimum atomic E-state index is 0.0521. The van der Waals surface area contributed by atoms with Crippen LogP contribution in [0.2, 0.25) is 0 Å². The molecule has 0 aliphatic carbocycles. The Morgan fingerprint density at radius 3 is 3.31 bits per heavy atom. The summed E-state index contributed by atoms with van der Waals surface area (Å²) in [6.45, 7) is 1.65. The summed E-state index contributed by atoms with van der Waals surface area (Å²) in [6, 6.07) is 0.360. The molecule has 1 atom stereocenters. The van der Waals surface area contributed by atoms with Gasteiger partial charge in [0, 0.05) is 6.61 Å². The van der Waals surface area contributed by atoms with Gasteiger partial charge in [-0.3, -0.25) is 0 Å². The highest BCUT2D eigenvalue weighted by molar-refractivity contribution is 4.98. The van der Waals surface area contributed by atoms with E-state index in [0.29, 0.717) is 6.04 Å². The van der Waals surface area contributed by atoms with Gasteiger partial charge in [0.05, 0.1) is 37.5 Å². The third kappa shape index (κ3) is 1.73. The van der Waals surface area contributed by atoms with Crippen molar-refractivity contribution in [2.75, 3.05) is 13.2 Å². The van der Waals surface area contributed by atoms with Gasteiger partial charge in [0.25, 0.3) is 0 Å². The maximum Gasteiger partial charge on any atom is 0.0952 e. The van der Waals surface area contributed by atoms with Crippen LogP contribution >= 0.6 is 0 Å². The molecule has 0 bridgehead atoms. The number of rotatable bonds is 2. The molecule has 4 heteroatoms. The number of aliphatic hydroxyl groups is 1. The molecule has 4 nitrogen and oxygen atoms in total. The van der Waals surface area contributed by atoms with E-state index in [0.717, 1.165) is 31.7 Å². The molecule has 1 fully saturated rings. The number of hydrogen-bond acceptors (Lipinski definition) is 3. The molecule has 1 aromatic heterocycles. The summed E-state index contributed by atoms with van der Waals surface area (Å²) in [5, 5.41) is 9.04. The summed E-state index contributed by atoms with van der Waals surface area (Å²) in [5.41, 5.74) is 0.871. The molecule has 0 spiro atoms. The molecule has 0 amide bonds. The van der Waals surface area contributed by atoms with Gasteiger partial charge in [0.2, 0.25) is 0 Å². The Labute approximate surface area is 77.2 Å². The van der Waals surface area contributed by atoms with E-state index in [1.165, 1.54) is 0 Å². The predicted molar refractivity (Wildman–Crippen MR) is 47.2 cm³/mol. The summed E-state index contributed by atoms with van der Waals surface area (Å²) in [5.74, 6) is 0. The predicted octanol–water partition coefficient (Wildman–Crippen LogP) is 0.727. The van der Waals surface area contributed by atoms with E-state index in [4.69, 9.17) is 9.84 Å². The molecule has 0 aromatic carbocycles. The second-order valence-corrected chi connectivity index (χ2v) is 3.32. The molecule has 72 valence electrons. The first-order chi connectivity index (χ1) is 6.42. The topological polar surface area (TPSA) is 47.3 Å². The zero-order valence-corrected chi connectivity index (χ0v) is 7.52. The minimum absolute atomic E-state index is 0.0521. The van der Waals surface area contributed by atoms with Crippen LogP contribution in [0.15, 0.2) is 12.5 Å². The van der Waals surface area contributed by atoms with Crippen LogP contribution in [0.4, 0.5) is 0 Å². The van der Waals surface area contributed by atoms with Gasteiger partial charge in [-0.15, -0.1) is 0 Å². The van der Waals surface area contributed by atoms with E-state index in [1.807, 2.05) is 4.57 Å². The fraction of sp³-hybridized carbons (Fsp3) is 0.667. The summed E-state index contributed by atoms with van der Waals surface area (Å²) in [6.07, 6.45) is 5.68. The van der Waals surface area contributed by atoms with Gasteiger partial charge in [0.15, 0.2) is 0 Å². The van der Waals surface area contributed by atoms with Crippen LogP contribution in [0, 0.1) is 0 Å². The van der Waals surface area contributed by atoms with Crippen molar-refractivity contribution in [2.45, 2.75) is 25.5 Å². The fourth-order valence-corrected chi connectivity index (χ4v) is 1.73. The summed E-state index contributed by atoms with van der Waals surface area (Å²) < 4.78 is 7.39. The highest BCUT2D eigenvalue weighted by Gasteiger charge is 2.17. The third-order valence-electron chi connectivity index (χ3n) is 2.44. The van der Waals surface area contributed by atoms with Crippen LogP contribution in [0.1, 0.15) is 24.6 Å². The number of aromatic nitrogens is 2. The number of ether oxygens (including phenoxy) is 1. The number of aliphatic hydroxyl groups excluding tert-OH is 1. The Morgan fingerprint density at radius 1 is 1.69 bits per heavy atom. The zero-order chi connectivity index (χ0) is 9.10. The standard InChI is InChI=1S/C9H14N2O2/c12-5-9-4-10-7-11(9)8-2-1-3-13-6-8/h4,7-8,12H,1-3,5-6H2. The van der Waals surface area contributed by atoms with E-state index in [2.05, 4.69) is 4.98 Å². The lowest BCUT2D eigenvalue weighted by molar-refractivity contribution is 0.0570. The van der Waals surface area contributed by atoms with Crippen LogP contribution in [0.25, 0.3) is 0 Å². The highest BCUT2D eigenvalue weighted by Crippen LogP contribution is 2.20. The molecule has 13 heavy (non-hydrogen) atoms. The van der Waals surface area contributed by atoms with E-state index >= 15 is 0 Å². The third-order valence-corrected chi connectivity index (χ3v) is 2.44. The van der Waals surface area contributed by atoms with Crippen molar-refractivity contribution in [1.82, 2.24) is 9.55 Å². The Balaban J connectivity index is 2.13. The van der Waals surface area contributed by atoms with Gasteiger partial charge in [-0.25, -0.2) is 4.98 Å². The minimum Gasteiger partial charge on any atom is -0.390 e. The average molecular weight is 182 g/mol. The molecule has 1 saturated heterocycles. The Kier molecular flexibility index (Phi) is 2.61. The van der Waals surface area contributed by atoms with E-state index in [1.54, 1.807) is 12.5 Å². The normalized spacial score (nSPS) is 23.3. The van der Waals surface area contributed by atoms with Crippen molar-refractivity contribution in [3.63, 3.8) is 0 Å². The molecule has 2 rings (SSSR count). The van der Waals surface area contributed by atoms with Crippen molar-refractivity contribution >= 4 is 0 Å². The van der Waals surface area contributed by atoms with Crippen molar-refractivity contribution in [3.05, 3.63) is 18.2 Å². The quantitative estimate of drug-likeness (QED) is 0.733. The van der Waals surface area contributed by atoms with Gasteiger partial charge in [-0.05, 0) is 12.8 Å². The fourth-order valence-electron chi connectivity index (χ4n) is 1.73. The molecule has 2 heterocycles. The molecule has 1 N–H and O–H groups in total. The largest absolute Gasteiger partial charge is 0.390 e. The van der Waals surface area contributed by atoms with Gasteiger partial charge in [0.1, 0.15) is 0 Å². The molecular formula is C9H14N2O2. The molecule has 1 aliphatic rings. The average Bonchev–Trinajstić information content (AvgIpc) is 2.67. The SMILES string of the molecule is OCc1cncn1C1CCCOC1. The molecule has 0 radical (unpaired) electrons. The molecule has 1 unspecified atom stereocenters. The van der Waals surface area contributed by atoms with E-state index < -0.39 is 0 Å². The Morgan fingerprint density at radius 2 is 2.62 bits per heavy atom. The zero-order valence-electron chi connectivity index (χ0n) is 7.52. The smallest absolute Gasteiger partial charge is 0.0952 e. The molecular weight excluding hydrogens is 168 g/mol. The van der Waals surface area contributed by atoms with Crippen molar-refractivity contribution < 1.29 is 9.84 Å². The molecule has 1 aliphatic heterocycles. The van der Waals surface area contributed by atoms with Crippen LogP contribution < -0.4 is 0 Å². The maximum atomic E-state index is 9.04. The van der Waals surface area contributed by atoms with Gasteiger partial charge in [-0.2, -0.15) is 0 Å². The van der Waals surface area contributed by atoms with Crippen LogP contribution in [-0.2, 0) is 11.3 Å². The Bertz CT molecular complexity index is 266. The maximum absolute atomic E-state index is 9.04. The first-order valence-electron chi connectivity index (χ1n) is 4.61. The van der Waals surface area contributed by atoms with Gasteiger partial charge < -0.3 is 14.4 Å². The van der Waals surface area contributed by atoms with Crippen LogP contribution in [0.5, 0.6) is 0 Å². The summed E-state index contributed by atoms with van der Waals surface area (Å²) >= 11 is 0. The molecule has 0 saturated carbocycles. The number of nitrogens with zero attached hydrogens (tertiary/aromatic N) is 2. The summed E-state index contributed by atoms with van der Waals surface area (Å²) in [7, 11) is 0. The van der Waals surface area contributed by atoms with E-state index in [9.17, 15) is 0 Å². The van der Waals surface area contributed by atoms with Gasteiger partial charge in [-0.1, -0.05) is 0 Å². The van der Waals surface area contributed by atoms with Crippen LogP contribution in [-0.4, -0.2) is 27.9 Å². The first-order valence-corrected chi connectivity index (χ1v) is 4.61. The van der Waals surface area contributed by atoms with E-state index in [-0.39, 0.29) is 6.61 Å². The summed E-state index contributed by atoms with van der Waals surface area (Å²) in [4.78, 5) is 4.02.